The van der Waals surface area contributed by atoms with Gasteiger partial charge in [0.25, 0.3) is 6.43 Å². The number of alkyl halides is 2. The summed E-state index contributed by atoms with van der Waals surface area (Å²) in [6.07, 6.45) is -2.53. The summed E-state index contributed by atoms with van der Waals surface area (Å²) in [4.78, 5) is 7.28. The van der Waals surface area contributed by atoms with Crippen molar-refractivity contribution in [1.82, 2.24) is 9.97 Å². The van der Waals surface area contributed by atoms with E-state index in [0.29, 0.717) is 5.69 Å². The molecule has 0 spiro atoms. The van der Waals surface area contributed by atoms with Gasteiger partial charge >= 0.3 is 0 Å². The van der Waals surface area contributed by atoms with Gasteiger partial charge in [-0.3, -0.25) is 0 Å². The predicted octanol–water partition coefficient (Wildman–Crippen LogP) is 2.49. The Bertz CT molecular complexity index is 245. The minimum Gasteiger partial charge on any atom is -0.228 e. The highest BCUT2D eigenvalue weighted by atomic mass is 79.9. The van der Waals surface area contributed by atoms with E-state index in [9.17, 15) is 8.78 Å². The lowest BCUT2D eigenvalue weighted by Gasteiger charge is -1.99. The molecule has 0 amide bonds. The summed E-state index contributed by atoms with van der Waals surface area (Å²) in [6, 6.07) is 1.26. The van der Waals surface area contributed by atoms with E-state index < -0.39 is 6.43 Å². The Kier molecular flexibility index (Phi) is 2.49. The average molecular weight is 223 g/mol. The monoisotopic (exact) mass is 222 g/mol. The molecule has 0 aliphatic rings. The number of hydrogen-bond acceptors (Lipinski definition) is 2. The highest BCUT2D eigenvalue weighted by Gasteiger charge is 2.09. The SMILES string of the molecule is Cc1cc(C(F)F)nc(Br)n1. The van der Waals surface area contributed by atoms with E-state index in [4.69, 9.17) is 0 Å². The molecule has 0 aromatic carbocycles. The van der Waals surface area contributed by atoms with E-state index in [1.54, 1.807) is 6.92 Å². The molecular weight excluding hydrogens is 218 g/mol. The fourth-order valence-corrected chi connectivity index (χ4v) is 1.15. The highest BCUT2D eigenvalue weighted by Crippen LogP contribution is 2.18. The van der Waals surface area contributed by atoms with Crippen molar-refractivity contribution in [1.29, 1.82) is 0 Å². The molecule has 5 heteroatoms. The lowest BCUT2D eigenvalue weighted by molar-refractivity contribution is 0.145. The van der Waals surface area contributed by atoms with Gasteiger partial charge in [-0.15, -0.1) is 0 Å². The molecule has 1 aromatic rings. The van der Waals surface area contributed by atoms with Gasteiger partial charge in [0.1, 0.15) is 5.69 Å². The molecule has 0 saturated carbocycles. The maximum Gasteiger partial charge on any atom is 0.280 e. The number of aromatic nitrogens is 2. The molecule has 0 atom stereocenters. The highest BCUT2D eigenvalue weighted by molar-refractivity contribution is 9.10. The van der Waals surface area contributed by atoms with Gasteiger partial charge in [-0.1, -0.05) is 0 Å². The Morgan fingerprint density at radius 2 is 2.09 bits per heavy atom. The van der Waals surface area contributed by atoms with Gasteiger partial charge in [-0.2, -0.15) is 0 Å². The van der Waals surface area contributed by atoms with Crippen LogP contribution in [0.25, 0.3) is 0 Å². The first-order valence-corrected chi connectivity index (χ1v) is 3.68. The Hall–Kier alpha value is -0.580. The molecule has 0 aliphatic carbocycles. The zero-order valence-corrected chi connectivity index (χ0v) is 7.27. The lowest BCUT2D eigenvalue weighted by Crippen LogP contribution is -1.94. The maximum atomic E-state index is 12.0. The second-order valence-corrected chi connectivity index (χ2v) is 2.71. The first kappa shape index (κ1) is 8.52. The van der Waals surface area contributed by atoms with Crippen LogP contribution in [0, 0.1) is 6.92 Å². The molecule has 1 heterocycles. The summed E-state index contributed by atoms with van der Waals surface area (Å²) in [5, 5.41) is 0. The van der Waals surface area contributed by atoms with Gasteiger partial charge in [-0.25, -0.2) is 18.7 Å². The van der Waals surface area contributed by atoms with Gasteiger partial charge in [0.05, 0.1) is 0 Å². The number of hydrogen-bond donors (Lipinski definition) is 0. The van der Waals surface area contributed by atoms with E-state index >= 15 is 0 Å². The molecule has 0 aliphatic heterocycles. The van der Waals surface area contributed by atoms with E-state index in [1.807, 2.05) is 0 Å². The first-order valence-electron chi connectivity index (χ1n) is 2.89. The van der Waals surface area contributed by atoms with Crippen LogP contribution in [0.3, 0.4) is 0 Å². The molecule has 0 unspecified atom stereocenters. The Morgan fingerprint density at radius 1 is 1.45 bits per heavy atom. The molecule has 0 bridgehead atoms. The Morgan fingerprint density at radius 3 is 2.55 bits per heavy atom. The van der Waals surface area contributed by atoms with Crippen LogP contribution in [0.1, 0.15) is 17.8 Å². The summed E-state index contributed by atoms with van der Waals surface area (Å²) in [7, 11) is 0. The van der Waals surface area contributed by atoms with Crippen LogP contribution in [0.15, 0.2) is 10.8 Å². The van der Waals surface area contributed by atoms with Gasteiger partial charge in [0.2, 0.25) is 0 Å². The van der Waals surface area contributed by atoms with Crippen molar-refractivity contribution in [2.24, 2.45) is 0 Å². The third-order valence-corrected chi connectivity index (χ3v) is 1.42. The van der Waals surface area contributed by atoms with E-state index in [2.05, 4.69) is 25.9 Å². The molecular formula is C6H5BrF2N2. The fourth-order valence-electron chi connectivity index (χ4n) is 0.667. The smallest absolute Gasteiger partial charge is 0.228 e. The van der Waals surface area contributed by atoms with Crippen LogP contribution in [-0.2, 0) is 0 Å². The van der Waals surface area contributed by atoms with Crippen molar-refractivity contribution in [3.63, 3.8) is 0 Å². The standard InChI is InChI=1S/C6H5BrF2N2/c1-3-2-4(5(8)9)11-6(7)10-3/h2,5H,1H3. The van der Waals surface area contributed by atoms with Crippen molar-refractivity contribution in [3.05, 3.63) is 22.2 Å². The van der Waals surface area contributed by atoms with E-state index in [-0.39, 0.29) is 10.4 Å². The van der Waals surface area contributed by atoms with Crippen LogP contribution in [0.2, 0.25) is 0 Å². The molecule has 2 nitrogen and oxygen atoms in total. The lowest BCUT2D eigenvalue weighted by atomic mass is 10.3. The largest absolute Gasteiger partial charge is 0.280 e. The van der Waals surface area contributed by atoms with E-state index in [0.717, 1.165) is 0 Å². The van der Waals surface area contributed by atoms with Crippen molar-refractivity contribution in [2.75, 3.05) is 0 Å². The normalized spacial score (nSPS) is 10.6. The topological polar surface area (TPSA) is 25.8 Å². The van der Waals surface area contributed by atoms with Crippen molar-refractivity contribution < 1.29 is 8.78 Å². The number of rotatable bonds is 1. The Balaban J connectivity index is 3.08. The summed E-state index contributed by atoms with van der Waals surface area (Å²) in [5.41, 5.74) is 0.284. The number of halogens is 3. The summed E-state index contributed by atoms with van der Waals surface area (Å²) < 4.78 is 24.2. The summed E-state index contributed by atoms with van der Waals surface area (Å²) >= 11 is 2.93. The zero-order valence-electron chi connectivity index (χ0n) is 5.68. The zero-order chi connectivity index (χ0) is 8.43. The van der Waals surface area contributed by atoms with Crippen molar-refractivity contribution >= 4 is 15.9 Å². The molecule has 11 heavy (non-hydrogen) atoms. The van der Waals surface area contributed by atoms with Crippen LogP contribution >= 0.6 is 15.9 Å². The summed E-state index contributed by atoms with van der Waals surface area (Å²) in [5.74, 6) is 0. The van der Waals surface area contributed by atoms with Crippen molar-refractivity contribution in [3.8, 4) is 0 Å². The third-order valence-electron chi connectivity index (χ3n) is 1.07. The molecule has 1 aromatic heterocycles. The van der Waals surface area contributed by atoms with Crippen LogP contribution < -0.4 is 0 Å². The van der Waals surface area contributed by atoms with Crippen molar-refractivity contribution in [2.45, 2.75) is 13.3 Å². The quantitative estimate of drug-likeness (QED) is 0.683. The van der Waals surface area contributed by atoms with Gasteiger partial charge in [-0.05, 0) is 28.9 Å². The molecule has 0 N–H and O–H groups in total. The second kappa shape index (κ2) is 3.21. The third kappa shape index (κ3) is 2.18. The number of nitrogens with zero attached hydrogens (tertiary/aromatic N) is 2. The molecule has 0 saturated heterocycles. The van der Waals surface area contributed by atoms with Gasteiger partial charge < -0.3 is 0 Å². The first-order chi connectivity index (χ1) is 5.09. The molecule has 1 rings (SSSR count). The molecule has 60 valence electrons. The maximum absolute atomic E-state index is 12.0. The second-order valence-electron chi connectivity index (χ2n) is 2.00. The van der Waals surface area contributed by atoms with Crippen LogP contribution in [0.5, 0.6) is 0 Å². The Labute approximate surface area is 70.8 Å². The van der Waals surface area contributed by atoms with Gasteiger partial charge in [0.15, 0.2) is 4.73 Å². The average Bonchev–Trinajstić information content (AvgIpc) is 1.85. The minimum atomic E-state index is -2.53. The molecule has 0 radical (unpaired) electrons. The minimum absolute atomic E-state index is 0.202. The fraction of sp³-hybridized carbons (Fsp3) is 0.333. The van der Waals surface area contributed by atoms with E-state index in [1.165, 1.54) is 6.07 Å². The predicted molar refractivity (Wildman–Crippen MR) is 39.4 cm³/mol. The van der Waals surface area contributed by atoms with Crippen LogP contribution in [0.4, 0.5) is 8.78 Å². The number of aryl methyl sites for hydroxylation is 1. The van der Waals surface area contributed by atoms with Crippen LogP contribution in [-0.4, -0.2) is 9.97 Å². The molecule has 0 fully saturated rings. The van der Waals surface area contributed by atoms with Gasteiger partial charge in [0, 0.05) is 5.69 Å². The summed E-state index contributed by atoms with van der Waals surface area (Å²) in [6.45, 7) is 1.64.